The molecule has 0 N–H and O–H groups in total. The van der Waals surface area contributed by atoms with Gasteiger partial charge in [0.2, 0.25) is 5.91 Å². The van der Waals surface area contributed by atoms with Crippen molar-refractivity contribution in [1.29, 1.82) is 0 Å². The van der Waals surface area contributed by atoms with Crippen LogP contribution in [-0.4, -0.2) is 47.8 Å². The summed E-state index contributed by atoms with van der Waals surface area (Å²) in [6, 6.07) is 1.67. The molecular weight excluding hydrogens is 280 g/mol. The van der Waals surface area contributed by atoms with E-state index in [1.165, 1.54) is 18.9 Å². The normalized spacial score (nSPS) is 14.9. The van der Waals surface area contributed by atoms with Gasteiger partial charge < -0.3 is 14.2 Å². The van der Waals surface area contributed by atoms with Gasteiger partial charge in [0.25, 0.3) is 5.91 Å². The van der Waals surface area contributed by atoms with Crippen molar-refractivity contribution in [3.63, 3.8) is 0 Å². The van der Waals surface area contributed by atoms with Crippen LogP contribution in [0.25, 0.3) is 0 Å². The van der Waals surface area contributed by atoms with Crippen molar-refractivity contribution in [2.75, 3.05) is 26.2 Å². The molecule has 2 heterocycles. The van der Waals surface area contributed by atoms with E-state index in [0.29, 0.717) is 25.1 Å². The van der Waals surface area contributed by atoms with Crippen LogP contribution in [0.3, 0.4) is 0 Å². The van der Waals surface area contributed by atoms with Crippen LogP contribution in [0.1, 0.15) is 55.8 Å². The zero-order chi connectivity index (χ0) is 15.8. The summed E-state index contributed by atoms with van der Waals surface area (Å²) in [6.07, 6.45) is 8.76. The van der Waals surface area contributed by atoms with Gasteiger partial charge in [0.15, 0.2) is 0 Å². The SMILES string of the molecule is CCCCN(CCC(=O)N1CCCCC1)C(=O)c1ccoc1. The third-order valence-electron chi connectivity index (χ3n) is 4.14. The first kappa shape index (κ1) is 16.6. The van der Waals surface area contributed by atoms with Crippen molar-refractivity contribution < 1.29 is 14.0 Å². The maximum atomic E-state index is 12.4. The van der Waals surface area contributed by atoms with Gasteiger partial charge in [-0.15, -0.1) is 0 Å². The van der Waals surface area contributed by atoms with Crippen LogP contribution in [-0.2, 0) is 4.79 Å². The molecule has 0 unspecified atom stereocenters. The van der Waals surface area contributed by atoms with Crippen LogP contribution in [0, 0.1) is 0 Å². The number of piperidine rings is 1. The summed E-state index contributed by atoms with van der Waals surface area (Å²) in [5, 5.41) is 0. The molecule has 0 spiro atoms. The van der Waals surface area contributed by atoms with E-state index in [0.717, 1.165) is 38.8 Å². The number of furan rings is 1. The average Bonchev–Trinajstić information content (AvgIpc) is 3.09. The van der Waals surface area contributed by atoms with E-state index >= 15 is 0 Å². The van der Waals surface area contributed by atoms with Crippen LogP contribution in [0.5, 0.6) is 0 Å². The molecule has 0 radical (unpaired) electrons. The third kappa shape index (κ3) is 4.61. The monoisotopic (exact) mass is 306 g/mol. The van der Waals surface area contributed by atoms with E-state index < -0.39 is 0 Å². The largest absolute Gasteiger partial charge is 0.472 e. The predicted octanol–water partition coefficient (Wildman–Crippen LogP) is 2.92. The lowest BCUT2D eigenvalue weighted by atomic mass is 10.1. The van der Waals surface area contributed by atoms with Crippen LogP contribution >= 0.6 is 0 Å². The molecule has 0 atom stereocenters. The van der Waals surface area contributed by atoms with Gasteiger partial charge >= 0.3 is 0 Å². The van der Waals surface area contributed by atoms with Crippen LogP contribution < -0.4 is 0 Å². The number of hydrogen-bond acceptors (Lipinski definition) is 3. The highest BCUT2D eigenvalue weighted by Crippen LogP contribution is 2.12. The smallest absolute Gasteiger partial charge is 0.257 e. The Bertz CT molecular complexity index is 464. The summed E-state index contributed by atoms with van der Waals surface area (Å²) in [7, 11) is 0. The van der Waals surface area contributed by atoms with Gasteiger partial charge in [-0.1, -0.05) is 13.3 Å². The molecule has 0 bridgehead atoms. The minimum absolute atomic E-state index is 0.0476. The second-order valence-electron chi connectivity index (χ2n) is 5.85. The van der Waals surface area contributed by atoms with Crippen LogP contribution in [0.4, 0.5) is 0 Å². The molecule has 5 heteroatoms. The quantitative estimate of drug-likeness (QED) is 0.778. The minimum Gasteiger partial charge on any atom is -0.472 e. The van der Waals surface area contributed by atoms with E-state index in [2.05, 4.69) is 6.92 Å². The second-order valence-corrected chi connectivity index (χ2v) is 5.85. The Kier molecular flexibility index (Phi) is 6.49. The number of amides is 2. The molecule has 1 aliphatic rings. The number of nitrogens with zero attached hydrogens (tertiary/aromatic N) is 2. The zero-order valence-electron chi connectivity index (χ0n) is 13.4. The average molecular weight is 306 g/mol. The van der Waals surface area contributed by atoms with E-state index in [1.807, 2.05) is 4.90 Å². The Morgan fingerprint density at radius 3 is 2.64 bits per heavy atom. The lowest BCUT2D eigenvalue weighted by molar-refractivity contribution is -0.132. The third-order valence-corrected chi connectivity index (χ3v) is 4.14. The van der Waals surface area contributed by atoms with Gasteiger partial charge in [-0.05, 0) is 31.7 Å². The molecule has 1 aliphatic heterocycles. The van der Waals surface area contributed by atoms with Crippen LogP contribution in [0.15, 0.2) is 23.0 Å². The van der Waals surface area contributed by atoms with E-state index in [1.54, 1.807) is 11.0 Å². The maximum absolute atomic E-state index is 12.4. The van der Waals surface area contributed by atoms with Gasteiger partial charge in [0.1, 0.15) is 6.26 Å². The summed E-state index contributed by atoms with van der Waals surface area (Å²) < 4.78 is 4.99. The Labute approximate surface area is 132 Å². The molecule has 122 valence electrons. The Morgan fingerprint density at radius 1 is 1.23 bits per heavy atom. The minimum atomic E-state index is -0.0476. The van der Waals surface area contributed by atoms with Crippen molar-refractivity contribution in [3.05, 3.63) is 24.2 Å². The molecular formula is C17H26N2O3. The van der Waals surface area contributed by atoms with E-state index in [9.17, 15) is 9.59 Å². The highest BCUT2D eigenvalue weighted by molar-refractivity contribution is 5.94. The van der Waals surface area contributed by atoms with Crippen molar-refractivity contribution in [2.24, 2.45) is 0 Å². The van der Waals surface area contributed by atoms with Gasteiger partial charge in [0.05, 0.1) is 11.8 Å². The Balaban J connectivity index is 1.88. The molecule has 0 aliphatic carbocycles. The molecule has 1 fully saturated rings. The van der Waals surface area contributed by atoms with E-state index in [-0.39, 0.29) is 11.8 Å². The number of carbonyl (C=O) groups excluding carboxylic acids is 2. The fraction of sp³-hybridized carbons (Fsp3) is 0.647. The predicted molar refractivity (Wildman–Crippen MR) is 84.6 cm³/mol. The van der Waals surface area contributed by atoms with Crippen molar-refractivity contribution >= 4 is 11.8 Å². The first-order valence-corrected chi connectivity index (χ1v) is 8.31. The second kappa shape index (κ2) is 8.61. The standard InChI is InChI=1S/C17H26N2O3/c1-2-3-9-19(17(21)15-8-13-22-14-15)12-7-16(20)18-10-5-4-6-11-18/h8,13-14H,2-7,9-12H2,1H3. The summed E-state index contributed by atoms with van der Waals surface area (Å²) in [6.45, 7) is 5.00. The number of unbranched alkanes of at least 4 members (excludes halogenated alkanes) is 1. The fourth-order valence-corrected chi connectivity index (χ4v) is 2.76. The molecule has 2 rings (SSSR count). The molecule has 5 nitrogen and oxygen atoms in total. The number of likely N-dealkylation sites (tertiary alicyclic amines) is 1. The van der Waals surface area contributed by atoms with Crippen molar-refractivity contribution in [1.82, 2.24) is 9.80 Å². The highest BCUT2D eigenvalue weighted by Gasteiger charge is 2.20. The van der Waals surface area contributed by atoms with E-state index in [4.69, 9.17) is 4.42 Å². The van der Waals surface area contributed by atoms with Crippen LogP contribution in [0.2, 0.25) is 0 Å². The van der Waals surface area contributed by atoms with Gasteiger partial charge in [-0.2, -0.15) is 0 Å². The molecule has 22 heavy (non-hydrogen) atoms. The number of carbonyl (C=O) groups is 2. The summed E-state index contributed by atoms with van der Waals surface area (Å²) in [5.41, 5.74) is 0.557. The number of rotatable bonds is 7. The lowest BCUT2D eigenvalue weighted by Gasteiger charge is -2.28. The van der Waals surface area contributed by atoms with Gasteiger partial charge in [-0.25, -0.2) is 0 Å². The number of hydrogen-bond donors (Lipinski definition) is 0. The summed E-state index contributed by atoms with van der Waals surface area (Å²) in [4.78, 5) is 28.4. The molecule has 0 saturated carbocycles. The van der Waals surface area contributed by atoms with Crippen molar-refractivity contribution in [2.45, 2.75) is 45.4 Å². The van der Waals surface area contributed by atoms with Gasteiger partial charge in [-0.3, -0.25) is 9.59 Å². The fourth-order valence-electron chi connectivity index (χ4n) is 2.76. The zero-order valence-corrected chi connectivity index (χ0v) is 13.4. The summed E-state index contributed by atoms with van der Waals surface area (Å²) in [5.74, 6) is 0.120. The molecule has 2 amide bonds. The highest BCUT2D eigenvalue weighted by atomic mass is 16.3. The lowest BCUT2D eigenvalue weighted by Crippen LogP contribution is -2.39. The topological polar surface area (TPSA) is 53.8 Å². The molecule has 1 aromatic rings. The molecule has 1 saturated heterocycles. The Morgan fingerprint density at radius 2 is 2.00 bits per heavy atom. The first-order valence-electron chi connectivity index (χ1n) is 8.31. The first-order chi connectivity index (χ1) is 10.7. The maximum Gasteiger partial charge on any atom is 0.257 e. The van der Waals surface area contributed by atoms with Gasteiger partial charge in [0, 0.05) is 32.6 Å². The van der Waals surface area contributed by atoms with Crippen molar-refractivity contribution in [3.8, 4) is 0 Å². The summed E-state index contributed by atoms with van der Waals surface area (Å²) >= 11 is 0. The molecule has 1 aromatic heterocycles. The Hall–Kier alpha value is -1.78. The molecule has 0 aromatic carbocycles.